The molecular formula is C14H19ClFN3O. The summed E-state index contributed by atoms with van der Waals surface area (Å²) in [5, 5.41) is -0.237. The fraction of sp³-hybridized carbons (Fsp3) is 0.500. The minimum Gasteiger partial charge on any atom is -0.494 e. The van der Waals surface area contributed by atoms with Crippen molar-refractivity contribution < 1.29 is 9.13 Å². The van der Waals surface area contributed by atoms with Crippen LogP contribution >= 0.6 is 11.6 Å². The molecule has 6 heteroatoms. The Labute approximate surface area is 123 Å². The summed E-state index contributed by atoms with van der Waals surface area (Å²) in [5.41, 5.74) is 1.44. The van der Waals surface area contributed by atoms with Gasteiger partial charge >= 0.3 is 0 Å². The largest absolute Gasteiger partial charge is 0.494 e. The SMILES string of the molecule is COc1cc2c(cc1F)nc(C(C)Cl)n2CCN(C)C. The molecule has 0 amide bonds. The fourth-order valence-electron chi connectivity index (χ4n) is 2.14. The Morgan fingerprint density at radius 1 is 1.45 bits per heavy atom. The van der Waals surface area contributed by atoms with E-state index >= 15 is 0 Å². The molecule has 1 unspecified atom stereocenters. The van der Waals surface area contributed by atoms with Gasteiger partial charge < -0.3 is 14.2 Å². The predicted octanol–water partition coefficient (Wildman–Crippen LogP) is 3.05. The van der Waals surface area contributed by atoms with Gasteiger partial charge in [0.25, 0.3) is 0 Å². The van der Waals surface area contributed by atoms with Crippen LogP contribution in [0.1, 0.15) is 18.1 Å². The first-order valence-corrected chi connectivity index (χ1v) is 6.90. The van der Waals surface area contributed by atoms with Gasteiger partial charge in [0, 0.05) is 25.2 Å². The Morgan fingerprint density at radius 2 is 2.15 bits per heavy atom. The number of benzene rings is 1. The summed E-state index contributed by atoms with van der Waals surface area (Å²) in [6, 6.07) is 3.07. The Hall–Kier alpha value is -1.33. The molecule has 0 aliphatic heterocycles. The van der Waals surface area contributed by atoms with Crippen molar-refractivity contribution in [3.63, 3.8) is 0 Å². The van der Waals surface area contributed by atoms with Gasteiger partial charge in [-0.05, 0) is 21.0 Å². The molecule has 0 spiro atoms. The van der Waals surface area contributed by atoms with Gasteiger partial charge in [-0.1, -0.05) is 0 Å². The van der Waals surface area contributed by atoms with Crippen LogP contribution in [0.25, 0.3) is 11.0 Å². The van der Waals surface area contributed by atoms with Crippen molar-refractivity contribution in [1.29, 1.82) is 0 Å². The van der Waals surface area contributed by atoms with Crippen molar-refractivity contribution >= 4 is 22.6 Å². The second-order valence-electron chi connectivity index (χ2n) is 5.02. The van der Waals surface area contributed by atoms with E-state index in [1.807, 2.05) is 25.6 Å². The molecule has 110 valence electrons. The first kappa shape index (κ1) is 15.1. The molecule has 2 aromatic rings. The quantitative estimate of drug-likeness (QED) is 0.795. The third-order valence-electron chi connectivity index (χ3n) is 3.18. The van der Waals surface area contributed by atoms with Gasteiger partial charge in [0.15, 0.2) is 11.6 Å². The highest BCUT2D eigenvalue weighted by molar-refractivity contribution is 6.20. The molecule has 1 heterocycles. The minimum absolute atomic E-state index is 0.220. The highest BCUT2D eigenvalue weighted by Crippen LogP contribution is 2.29. The predicted molar refractivity (Wildman–Crippen MR) is 79.1 cm³/mol. The van der Waals surface area contributed by atoms with Crippen molar-refractivity contribution in [2.75, 3.05) is 27.7 Å². The number of methoxy groups -OCH3 is 1. The van der Waals surface area contributed by atoms with Crippen molar-refractivity contribution in [3.8, 4) is 5.75 Å². The lowest BCUT2D eigenvalue weighted by molar-refractivity contribution is 0.381. The summed E-state index contributed by atoms with van der Waals surface area (Å²) in [6.07, 6.45) is 0. The second-order valence-corrected chi connectivity index (χ2v) is 5.67. The van der Waals surface area contributed by atoms with E-state index in [2.05, 4.69) is 9.88 Å². The van der Waals surface area contributed by atoms with Gasteiger partial charge in [-0.2, -0.15) is 0 Å². The number of likely N-dealkylation sites (N-methyl/N-ethyl adjacent to an activating group) is 1. The zero-order valence-electron chi connectivity index (χ0n) is 12.2. The first-order valence-electron chi connectivity index (χ1n) is 6.46. The van der Waals surface area contributed by atoms with Gasteiger partial charge in [-0.15, -0.1) is 11.6 Å². The van der Waals surface area contributed by atoms with Gasteiger partial charge in [0.05, 0.1) is 23.5 Å². The molecule has 4 nitrogen and oxygen atoms in total. The molecule has 0 N–H and O–H groups in total. The zero-order chi connectivity index (χ0) is 14.9. The number of ether oxygens (including phenoxy) is 1. The summed E-state index contributed by atoms with van der Waals surface area (Å²) >= 11 is 6.19. The maximum atomic E-state index is 13.8. The van der Waals surface area contributed by atoms with Crippen LogP contribution in [-0.2, 0) is 6.54 Å². The lowest BCUT2D eigenvalue weighted by atomic mass is 10.3. The second kappa shape index (κ2) is 5.97. The number of fused-ring (bicyclic) bond motifs is 1. The summed E-state index contributed by atoms with van der Waals surface area (Å²) < 4.78 is 20.8. The van der Waals surface area contributed by atoms with Crippen LogP contribution in [0.15, 0.2) is 12.1 Å². The van der Waals surface area contributed by atoms with E-state index in [1.165, 1.54) is 13.2 Å². The lowest BCUT2D eigenvalue weighted by Gasteiger charge is -2.14. The Balaban J connectivity index is 2.57. The van der Waals surface area contributed by atoms with E-state index in [-0.39, 0.29) is 11.1 Å². The van der Waals surface area contributed by atoms with E-state index in [4.69, 9.17) is 16.3 Å². The monoisotopic (exact) mass is 299 g/mol. The number of halogens is 2. The van der Waals surface area contributed by atoms with Crippen molar-refractivity contribution in [3.05, 3.63) is 23.8 Å². The summed E-state index contributed by atoms with van der Waals surface area (Å²) in [5.74, 6) is 0.555. The standard InChI is InChI=1S/C14H19ClFN3O/c1-9(15)14-17-11-7-10(16)13(20-4)8-12(11)19(14)6-5-18(2)3/h7-9H,5-6H2,1-4H3. The third-order valence-corrected chi connectivity index (χ3v) is 3.37. The van der Waals surface area contributed by atoms with Gasteiger partial charge in [-0.25, -0.2) is 9.37 Å². The fourth-order valence-corrected chi connectivity index (χ4v) is 2.31. The number of aromatic nitrogens is 2. The molecule has 1 atom stereocenters. The summed E-state index contributed by atoms with van der Waals surface area (Å²) in [4.78, 5) is 6.52. The van der Waals surface area contributed by atoms with Crippen LogP contribution in [-0.4, -0.2) is 42.2 Å². The van der Waals surface area contributed by atoms with Crippen LogP contribution in [0.5, 0.6) is 5.75 Å². The minimum atomic E-state index is -0.411. The Bertz CT molecular complexity index is 610. The van der Waals surface area contributed by atoms with Crippen molar-refractivity contribution in [1.82, 2.24) is 14.5 Å². The molecular weight excluding hydrogens is 281 g/mol. The average Bonchev–Trinajstić information content (AvgIpc) is 2.72. The molecule has 1 aromatic heterocycles. The Morgan fingerprint density at radius 3 is 2.70 bits per heavy atom. The highest BCUT2D eigenvalue weighted by atomic mass is 35.5. The molecule has 0 aliphatic rings. The average molecular weight is 300 g/mol. The lowest BCUT2D eigenvalue weighted by Crippen LogP contribution is -2.19. The van der Waals surface area contributed by atoms with Crippen LogP contribution in [0.3, 0.4) is 0 Å². The van der Waals surface area contributed by atoms with Crippen molar-refractivity contribution in [2.24, 2.45) is 0 Å². The summed E-state index contributed by atoms with van der Waals surface area (Å²) in [6.45, 7) is 3.45. The van der Waals surface area contributed by atoms with E-state index in [0.29, 0.717) is 5.52 Å². The van der Waals surface area contributed by atoms with Crippen LogP contribution in [0, 0.1) is 5.82 Å². The topological polar surface area (TPSA) is 30.3 Å². The number of hydrogen-bond donors (Lipinski definition) is 0. The maximum Gasteiger partial charge on any atom is 0.167 e. The zero-order valence-corrected chi connectivity index (χ0v) is 12.9. The van der Waals surface area contributed by atoms with E-state index in [9.17, 15) is 4.39 Å². The van der Waals surface area contributed by atoms with E-state index in [0.717, 1.165) is 24.4 Å². The molecule has 2 rings (SSSR count). The van der Waals surface area contributed by atoms with Crippen LogP contribution < -0.4 is 4.74 Å². The van der Waals surface area contributed by atoms with Crippen molar-refractivity contribution in [2.45, 2.75) is 18.8 Å². The molecule has 0 fully saturated rings. The van der Waals surface area contributed by atoms with E-state index < -0.39 is 5.82 Å². The smallest absolute Gasteiger partial charge is 0.167 e. The number of rotatable bonds is 5. The maximum absolute atomic E-state index is 13.8. The normalized spacial score (nSPS) is 13.2. The Kier molecular flexibility index (Phi) is 4.50. The molecule has 0 radical (unpaired) electrons. The molecule has 0 saturated carbocycles. The van der Waals surface area contributed by atoms with E-state index in [1.54, 1.807) is 6.07 Å². The van der Waals surface area contributed by atoms with Gasteiger partial charge in [0.2, 0.25) is 0 Å². The molecule has 0 aliphatic carbocycles. The molecule has 20 heavy (non-hydrogen) atoms. The highest BCUT2D eigenvalue weighted by Gasteiger charge is 2.17. The third kappa shape index (κ3) is 2.88. The first-order chi connectivity index (χ1) is 9.43. The molecule has 0 saturated heterocycles. The summed E-state index contributed by atoms with van der Waals surface area (Å²) in [7, 11) is 5.46. The van der Waals surface area contributed by atoms with Crippen LogP contribution in [0.4, 0.5) is 4.39 Å². The molecule has 1 aromatic carbocycles. The number of hydrogen-bond acceptors (Lipinski definition) is 3. The van der Waals surface area contributed by atoms with Gasteiger partial charge in [-0.3, -0.25) is 0 Å². The number of imidazole rings is 1. The van der Waals surface area contributed by atoms with Crippen LogP contribution in [0.2, 0.25) is 0 Å². The number of nitrogens with zero attached hydrogens (tertiary/aromatic N) is 3. The molecule has 0 bridgehead atoms. The number of alkyl halides is 1. The van der Waals surface area contributed by atoms with Gasteiger partial charge in [0.1, 0.15) is 5.82 Å².